The zero-order chi connectivity index (χ0) is 22.3. The fraction of sp³-hybridized carbons (Fsp3) is 0.348. The molecule has 0 bridgehead atoms. The summed E-state index contributed by atoms with van der Waals surface area (Å²) < 4.78 is 6.85. The fourth-order valence-electron chi connectivity index (χ4n) is 3.87. The topological polar surface area (TPSA) is 109 Å². The van der Waals surface area contributed by atoms with Gasteiger partial charge in [0.05, 0.1) is 18.8 Å². The highest BCUT2D eigenvalue weighted by Crippen LogP contribution is 2.22. The predicted octanol–water partition coefficient (Wildman–Crippen LogP) is 1.39. The van der Waals surface area contributed by atoms with Crippen molar-refractivity contribution >= 4 is 22.7 Å². The van der Waals surface area contributed by atoms with Gasteiger partial charge in [-0.05, 0) is 11.6 Å². The minimum absolute atomic E-state index is 0.208. The number of hydrogen-bond donors (Lipinski definition) is 3. The quantitative estimate of drug-likeness (QED) is 0.363. The number of fused-ring (bicyclic) bond motifs is 1. The molecule has 0 spiro atoms. The molecule has 1 atom stereocenters. The third-order valence-corrected chi connectivity index (χ3v) is 5.62. The first-order valence-electron chi connectivity index (χ1n) is 10.7. The van der Waals surface area contributed by atoms with E-state index in [9.17, 15) is 14.8 Å². The molecule has 1 unspecified atom stereocenters. The average molecular weight is 438 g/mol. The van der Waals surface area contributed by atoms with E-state index in [1.54, 1.807) is 23.8 Å². The number of hydroxylamine groups is 1. The second kappa shape index (κ2) is 10.4. The lowest BCUT2D eigenvalue weighted by molar-refractivity contribution is -0.132. The Morgan fingerprint density at radius 1 is 1.09 bits per heavy atom. The van der Waals surface area contributed by atoms with Crippen LogP contribution in [0, 0.1) is 0 Å². The number of carbonyl (C=O) groups is 2. The molecule has 4 rings (SSSR count). The normalized spacial score (nSPS) is 15.4. The third-order valence-electron chi connectivity index (χ3n) is 5.62. The van der Waals surface area contributed by atoms with Crippen molar-refractivity contribution in [2.75, 3.05) is 39.4 Å². The van der Waals surface area contributed by atoms with Gasteiger partial charge in [0.2, 0.25) is 0 Å². The molecule has 1 aliphatic rings. The second-order valence-corrected chi connectivity index (χ2v) is 7.74. The number of nitrogens with zero attached hydrogens (tertiary/aromatic N) is 3. The lowest BCUT2D eigenvalue weighted by Gasteiger charge is -2.26. The van der Waals surface area contributed by atoms with Gasteiger partial charge in [0.1, 0.15) is 11.6 Å². The fourth-order valence-corrected chi connectivity index (χ4v) is 3.87. The molecule has 0 radical (unpaired) electrons. The van der Waals surface area contributed by atoms with Crippen LogP contribution in [0.25, 0.3) is 10.9 Å². The van der Waals surface area contributed by atoms with E-state index in [2.05, 4.69) is 15.3 Å². The number of aromatic nitrogens is 2. The number of nitrogens with one attached hydrogen (secondary N) is 2. The molecule has 2 heterocycles. The summed E-state index contributed by atoms with van der Waals surface area (Å²) >= 11 is 0. The van der Waals surface area contributed by atoms with Crippen LogP contribution in [-0.4, -0.2) is 71.1 Å². The summed E-state index contributed by atoms with van der Waals surface area (Å²) in [6.07, 6.45) is 2.07. The van der Waals surface area contributed by atoms with Crippen molar-refractivity contribution in [3.05, 3.63) is 65.9 Å². The summed E-state index contributed by atoms with van der Waals surface area (Å²) in [6.45, 7) is 4.46. The van der Waals surface area contributed by atoms with Crippen molar-refractivity contribution in [2.24, 2.45) is 0 Å². The molecule has 32 heavy (non-hydrogen) atoms. The van der Waals surface area contributed by atoms with Gasteiger partial charge in [0.15, 0.2) is 0 Å². The SMILES string of the molecule is O=C(NCCN1CCOCC1)c1cccc2cn(C(Cc3ccccc3)C(=O)NO)nc12. The smallest absolute Gasteiger partial charge is 0.268 e. The summed E-state index contributed by atoms with van der Waals surface area (Å²) in [5, 5.41) is 17.5. The van der Waals surface area contributed by atoms with Crippen molar-refractivity contribution in [3.8, 4) is 0 Å². The molecular weight excluding hydrogens is 410 g/mol. The average Bonchev–Trinajstić information content (AvgIpc) is 3.27. The van der Waals surface area contributed by atoms with Gasteiger partial charge in [-0.3, -0.25) is 24.4 Å². The molecule has 1 aliphatic heterocycles. The molecule has 1 aromatic heterocycles. The monoisotopic (exact) mass is 437 g/mol. The van der Waals surface area contributed by atoms with Crippen molar-refractivity contribution in [2.45, 2.75) is 12.5 Å². The molecule has 0 saturated carbocycles. The highest BCUT2D eigenvalue weighted by Gasteiger charge is 2.23. The van der Waals surface area contributed by atoms with Gasteiger partial charge in [0.25, 0.3) is 11.8 Å². The Morgan fingerprint density at radius 3 is 2.62 bits per heavy atom. The Kier molecular flexibility index (Phi) is 7.10. The van der Waals surface area contributed by atoms with Crippen molar-refractivity contribution < 1.29 is 19.5 Å². The lowest BCUT2D eigenvalue weighted by Crippen LogP contribution is -2.41. The molecule has 0 aliphatic carbocycles. The van der Waals surface area contributed by atoms with Gasteiger partial charge in [0, 0.05) is 44.2 Å². The van der Waals surface area contributed by atoms with Crippen molar-refractivity contribution in [1.82, 2.24) is 25.5 Å². The highest BCUT2D eigenvalue weighted by molar-refractivity contribution is 6.05. The Balaban J connectivity index is 1.52. The highest BCUT2D eigenvalue weighted by atomic mass is 16.5. The largest absolute Gasteiger partial charge is 0.379 e. The van der Waals surface area contributed by atoms with Crippen LogP contribution in [0.2, 0.25) is 0 Å². The van der Waals surface area contributed by atoms with Gasteiger partial charge < -0.3 is 10.1 Å². The number of hydrogen-bond acceptors (Lipinski definition) is 6. The van der Waals surface area contributed by atoms with Crippen molar-refractivity contribution in [1.29, 1.82) is 0 Å². The van der Waals surface area contributed by atoms with Crippen LogP contribution in [0.15, 0.2) is 54.7 Å². The molecule has 3 N–H and O–H groups in total. The van der Waals surface area contributed by atoms with Gasteiger partial charge in [-0.2, -0.15) is 5.10 Å². The molecule has 3 aromatic rings. The second-order valence-electron chi connectivity index (χ2n) is 7.74. The minimum atomic E-state index is -0.757. The molecule has 9 heteroatoms. The maximum Gasteiger partial charge on any atom is 0.268 e. The van der Waals surface area contributed by atoms with Gasteiger partial charge in [-0.25, -0.2) is 5.48 Å². The van der Waals surface area contributed by atoms with E-state index in [1.807, 2.05) is 36.4 Å². The summed E-state index contributed by atoms with van der Waals surface area (Å²) in [5.41, 5.74) is 3.63. The maximum absolute atomic E-state index is 12.8. The van der Waals surface area contributed by atoms with E-state index >= 15 is 0 Å². The first-order valence-corrected chi connectivity index (χ1v) is 10.7. The van der Waals surface area contributed by atoms with Crippen molar-refractivity contribution in [3.63, 3.8) is 0 Å². The summed E-state index contributed by atoms with van der Waals surface area (Å²) in [4.78, 5) is 27.5. The molecule has 9 nitrogen and oxygen atoms in total. The maximum atomic E-state index is 12.8. The van der Waals surface area contributed by atoms with E-state index in [-0.39, 0.29) is 5.91 Å². The van der Waals surface area contributed by atoms with Gasteiger partial charge >= 0.3 is 0 Å². The third kappa shape index (κ3) is 5.13. The first kappa shape index (κ1) is 21.9. The Labute approximate surface area is 185 Å². The molecule has 168 valence electrons. The summed E-state index contributed by atoms with van der Waals surface area (Å²) in [7, 11) is 0. The number of ether oxygens (including phenoxy) is 1. The molecule has 1 fully saturated rings. The van der Waals surface area contributed by atoms with E-state index in [4.69, 9.17) is 4.74 Å². The van der Waals surface area contributed by atoms with E-state index in [0.717, 1.165) is 43.8 Å². The standard InChI is InChI=1S/C23H27N5O4/c29-22(24-9-10-27-11-13-32-14-12-27)19-8-4-7-18-16-28(25-21(18)19)20(23(30)26-31)15-17-5-2-1-3-6-17/h1-8,16,20,31H,9-15H2,(H,24,29)(H,26,30). The molecule has 2 amide bonds. The van der Waals surface area contributed by atoms with E-state index < -0.39 is 11.9 Å². The summed E-state index contributed by atoms with van der Waals surface area (Å²) in [5.74, 6) is -0.779. The molecule has 2 aromatic carbocycles. The zero-order valence-electron chi connectivity index (χ0n) is 17.7. The van der Waals surface area contributed by atoms with E-state index in [1.165, 1.54) is 4.68 Å². The number of rotatable bonds is 8. The van der Waals surface area contributed by atoms with Crippen LogP contribution < -0.4 is 10.8 Å². The van der Waals surface area contributed by atoms with Crippen LogP contribution in [0.5, 0.6) is 0 Å². The predicted molar refractivity (Wildman–Crippen MR) is 118 cm³/mol. The van der Waals surface area contributed by atoms with Crippen LogP contribution in [0.4, 0.5) is 0 Å². The van der Waals surface area contributed by atoms with E-state index in [0.29, 0.717) is 24.0 Å². The molecular formula is C23H27N5O4. The number of carbonyl (C=O) groups excluding carboxylic acids is 2. The number of morpholine rings is 1. The molecule has 1 saturated heterocycles. The van der Waals surface area contributed by atoms with Crippen LogP contribution in [-0.2, 0) is 16.0 Å². The van der Waals surface area contributed by atoms with Crippen LogP contribution in [0.3, 0.4) is 0 Å². The zero-order valence-corrected chi connectivity index (χ0v) is 17.7. The number of amides is 2. The van der Waals surface area contributed by atoms with Crippen LogP contribution in [0.1, 0.15) is 22.0 Å². The Hall–Kier alpha value is -3.27. The Morgan fingerprint density at radius 2 is 1.88 bits per heavy atom. The minimum Gasteiger partial charge on any atom is -0.379 e. The Bertz CT molecular complexity index is 1060. The van der Waals surface area contributed by atoms with Gasteiger partial charge in [-0.15, -0.1) is 0 Å². The first-order chi connectivity index (χ1) is 15.7. The summed E-state index contributed by atoms with van der Waals surface area (Å²) in [6, 6.07) is 14.1. The lowest BCUT2D eigenvalue weighted by atomic mass is 10.1. The number of benzene rings is 2. The van der Waals surface area contributed by atoms with Gasteiger partial charge in [-0.1, -0.05) is 42.5 Å². The van der Waals surface area contributed by atoms with Crippen LogP contribution >= 0.6 is 0 Å².